The van der Waals surface area contributed by atoms with Crippen LogP contribution in [0.5, 0.6) is 6.01 Å². The number of hydrogen-bond donors (Lipinski definition) is 3. The molecule has 30 heavy (non-hydrogen) atoms. The van der Waals surface area contributed by atoms with Crippen LogP contribution >= 0.6 is 0 Å². The second kappa shape index (κ2) is 19.3. The zero-order chi connectivity index (χ0) is 21.7. The summed E-state index contributed by atoms with van der Waals surface area (Å²) >= 11 is 0. The van der Waals surface area contributed by atoms with E-state index in [0.717, 1.165) is 25.8 Å². The second-order valence-electron chi connectivity index (χ2n) is 7.10. The van der Waals surface area contributed by atoms with Crippen molar-refractivity contribution >= 4 is 11.9 Å². The van der Waals surface area contributed by atoms with Crippen molar-refractivity contribution in [3.05, 3.63) is 0 Å². The van der Waals surface area contributed by atoms with Crippen molar-refractivity contribution in [2.45, 2.75) is 65.2 Å². The van der Waals surface area contributed by atoms with Gasteiger partial charge in [0.2, 0.25) is 11.9 Å². The SMILES string of the molecule is CCCCCCCCNc1nc(NCCOCCOCCN)nc(OCCCC)n1. The van der Waals surface area contributed by atoms with Gasteiger partial charge >= 0.3 is 6.01 Å². The first kappa shape index (κ1) is 26.3. The third kappa shape index (κ3) is 14.3. The van der Waals surface area contributed by atoms with E-state index in [1.807, 2.05) is 0 Å². The maximum atomic E-state index is 5.68. The van der Waals surface area contributed by atoms with Gasteiger partial charge in [-0.1, -0.05) is 52.4 Å². The molecule has 174 valence electrons. The van der Waals surface area contributed by atoms with Gasteiger partial charge in [-0.3, -0.25) is 0 Å². The van der Waals surface area contributed by atoms with E-state index in [4.69, 9.17) is 19.9 Å². The molecule has 0 spiro atoms. The molecule has 9 nitrogen and oxygen atoms in total. The molecule has 0 unspecified atom stereocenters. The summed E-state index contributed by atoms with van der Waals surface area (Å²) in [6.07, 6.45) is 9.53. The van der Waals surface area contributed by atoms with Gasteiger partial charge in [0, 0.05) is 19.6 Å². The number of nitrogens with one attached hydrogen (secondary N) is 2. The molecule has 1 aromatic heterocycles. The van der Waals surface area contributed by atoms with E-state index in [-0.39, 0.29) is 0 Å². The van der Waals surface area contributed by atoms with Crippen LogP contribution in [0.4, 0.5) is 11.9 Å². The minimum atomic E-state index is 0.350. The molecular formula is C21H42N6O3. The fourth-order valence-electron chi connectivity index (χ4n) is 2.63. The van der Waals surface area contributed by atoms with Crippen molar-refractivity contribution < 1.29 is 14.2 Å². The Bertz CT molecular complexity index is 522. The molecule has 1 rings (SSSR count). The lowest BCUT2D eigenvalue weighted by Crippen LogP contribution is -2.17. The molecule has 0 aliphatic carbocycles. The largest absolute Gasteiger partial charge is 0.463 e. The Balaban J connectivity index is 2.39. The smallest absolute Gasteiger partial charge is 0.323 e. The number of nitrogens with zero attached hydrogens (tertiary/aromatic N) is 3. The molecule has 0 aliphatic rings. The predicted octanol–water partition coefficient (Wildman–Crippen LogP) is 3.23. The maximum Gasteiger partial charge on any atom is 0.323 e. The highest BCUT2D eigenvalue weighted by Gasteiger charge is 2.07. The van der Waals surface area contributed by atoms with Crippen LogP contribution in [0.25, 0.3) is 0 Å². The van der Waals surface area contributed by atoms with Gasteiger partial charge in [-0.25, -0.2) is 0 Å². The molecule has 0 aliphatic heterocycles. The highest BCUT2D eigenvalue weighted by atomic mass is 16.5. The lowest BCUT2D eigenvalue weighted by molar-refractivity contribution is 0.0547. The van der Waals surface area contributed by atoms with Gasteiger partial charge in [0.1, 0.15) is 0 Å². The number of rotatable bonds is 21. The molecule has 0 aromatic carbocycles. The molecule has 9 heteroatoms. The first-order chi connectivity index (χ1) is 14.8. The fourth-order valence-corrected chi connectivity index (χ4v) is 2.63. The number of aromatic nitrogens is 3. The molecule has 0 amide bonds. The summed E-state index contributed by atoms with van der Waals surface area (Å²) in [5.41, 5.74) is 5.37. The van der Waals surface area contributed by atoms with Gasteiger partial charge < -0.3 is 30.6 Å². The maximum absolute atomic E-state index is 5.68. The molecule has 0 bridgehead atoms. The monoisotopic (exact) mass is 426 g/mol. The Kier molecular flexibility index (Phi) is 16.9. The average molecular weight is 427 g/mol. The Morgan fingerprint density at radius 1 is 0.667 bits per heavy atom. The van der Waals surface area contributed by atoms with E-state index in [9.17, 15) is 0 Å². The standard InChI is InChI=1S/C21H42N6O3/c1-3-5-7-8-9-10-12-23-19-25-20(27-21(26-19)30-14-6-4-2)24-13-16-29-18-17-28-15-11-22/h3-18,22H2,1-2H3,(H2,23,24,25,26,27). The normalized spacial score (nSPS) is 10.9. The fraction of sp³-hybridized carbons (Fsp3) is 0.857. The van der Waals surface area contributed by atoms with Gasteiger partial charge in [-0.15, -0.1) is 0 Å². The number of ether oxygens (including phenoxy) is 3. The molecule has 1 heterocycles. The summed E-state index contributed by atoms with van der Waals surface area (Å²) in [4.78, 5) is 13.2. The Morgan fingerprint density at radius 3 is 2.00 bits per heavy atom. The van der Waals surface area contributed by atoms with Gasteiger partial charge in [0.15, 0.2) is 0 Å². The number of nitrogens with two attached hydrogens (primary N) is 1. The number of hydrogen-bond acceptors (Lipinski definition) is 9. The first-order valence-corrected chi connectivity index (χ1v) is 11.5. The van der Waals surface area contributed by atoms with E-state index in [2.05, 4.69) is 39.4 Å². The summed E-state index contributed by atoms with van der Waals surface area (Å²) in [6, 6.07) is 0.350. The van der Waals surface area contributed by atoms with Crippen LogP contribution in [0, 0.1) is 0 Å². The summed E-state index contributed by atoms with van der Waals surface area (Å²) < 4.78 is 16.5. The van der Waals surface area contributed by atoms with Gasteiger partial charge in [0.25, 0.3) is 0 Å². The summed E-state index contributed by atoms with van der Waals surface area (Å²) in [5, 5.41) is 6.47. The first-order valence-electron chi connectivity index (χ1n) is 11.5. The van der Waals surface area contributed by atoms with Crippen molar-refractivity contribution in [3.63, 3.8) is 0 Å². The summed E-state index contributed by atoms with van der Waals surface area (Å²) in [6.45, 7) is 9.09. The zero-order valence-electron chi connectivity index (χ0n) is 19.0. The van der Waals surface area contributed by atoms with Crippen molar-refractivity contribution in [2.75, 3.05) is 63.3 Å². The van der Waals surface area contributed by atoms with Crippen molar-refractivity contribution in [2.24, 2.45) is 5.73 Å². The van der Waals surface area contributed by atoms with Gasteiger partial charge in [-0.2, -0.15) is 15.0 Å². The zero-order valence-corrected chi connectivity index (χ0v) is 19.0. The second-order valence-corrected chi connectivity index (χ2v) is 7.10. The molecule has 0 atom stereocenters. The van der Waals surface area contributed by atoms with Crippen LogP contribution in [0.15, 0.2) is 0 Å². The van der Waals surface area contributed by atoms with Gasteiger partial charge in [0.05, 0.1) is 33.0 Å². The van der Waals surface area contributed by atoms with Crippen LogP contribution in [0.1, 0.15) is 65.2 Å². The molecule has 4 N–H and O–H groups in total. The van der Waals surface area contributed by atoms with Crippen molar-refractivity contribution in [3.8, 4) is 6.01 Å². The topological polar surface area (TPSA) is 116 Å². The number of unbranched alkanes of at least 4 members (excludes halogenated alkanes) is 6. The van der Waals surface area contributed by atoms with E-state index < -0.39 is 0 Å². The van der Waals surface area contributed by atoms with Crippen molar-refractivity contribution in [1.82, 2.24) is 15.0 Å². The minimum absolute atomic E-state index is 0.350. The third-order valence-electron chi connectivity index (χ3n) is 4.32. The molecule has 0 saturated carbocycles. The van der Waals surface area contributed by atoms with Crippen LogP contribution in [-0.4, -0.2) is 67.6 Å². The molecule has 1 aromatic rings. The Labute approximate surface area is 181 Å². The van der Waals surface area contributed by atoms with E-state index in [1.165, 1.54) is 32.1 Å². The highest BCUT2D eigenvalue weighted by molar-refractivity contribution is 5.35. The predicted molar refractivity (Wildman–Crippen MR) is 121 cm³/mol. The van der Waals surface area contributed by atoms with Gasteiger partial charge in [-0.05, 0) is 12.8 Å². The van der Waals surface area contributed by atoms with Crippen molar-refractivity contribution in [1.29, 1.82) is 0 Å². The molecular weight excluding hydrogens is 384 g/mol. The molecule has 0 saturated heterocycles. The Morgan fingerprint density at radius 2 is 1.30 bits per heavy atom. The lowest BCUT2D eigenvalue weighted by atomic mass is 10.1. The average Bonchev–Trinajstić information content (AvgIpc) is 2.75. The van der Waals surface area contributed by atoms with E-state index in [0.29, 0.717) is 64.0 Å². The Hall–Kier alpha value is -1.71. The van der Waals surface area contributed by atoms with E-state index >= 15 is 0 Å². The highest BCUT2D eigenvalue weighted by Crippen LogP contribution is 2.12. The number of anilines is 2. The lowest BCUT2D eigenvalue weighted by Gasteiger charge is -2.11. The molecule has 0 fully saturated rings. The minimum Gasteiger partial charge on any atom is -0.463 e. The van der Waals surface area contributed by atoms with E-state index in [1.54, 1.807) is 0 Å². The van der Waals surface area contributed by atoms with Crippen LogP contribution in [0.3, 0.4) is 0 Å². The quantitative estimate of drug-likeness (QED) is 0.255. The van der Waals surface area contributed by atoms with Crippen LogP contribution < -0.4 is 21.1 Å². The molecule has 0 radical (unpaired) electrons. The van der Waals surface area contributed by atoms with Crippen LogP contribution in [0.2, 0.25) is 0 Å². The third-order valence-corrected chi connectivity index (χ3v) is 4.32. The summed E-state index contributed by atoms with van der Waals surface area (Å²) in [5.74, 6) is 1.04. The van der Waals surface area contributed by atoms with Crippen LogP contribution in [-0.2, 0) is 9.47 Å². The summed E-state index contributed by atoms with van der Waals surface area (Å²) in [7, 11) is 0.